The quantitative estimate of drug-likeness (QED) is 0.533. The van der Waals surface area contributed by atoms with Crippen molar-refractivity contribution in [2.45, 2.75) is 33.6 Å². The van der Waals surface area contributed by atoms with Gasteiger partial charge in [-0.3, -0.25) is 4.99 Å². The van der Waals surface area contributed by atoms with Crippen molar-refractivity contribution in [3.63, 3.8) is 0 Å². The summed E-state index contributed by atoms with van der Waals surface area (Å²) < 4.78 is 0. The molecule has 0 bridgehead atoms. The average molecular weight is 228 g/mol. The molecule has 1 aliphatic rings. The number of piperidine rings is 1. The Kier molecular flexibility index (Phi) is 5.51. The molecule has 1 aliphatic heterocycles. The Morgan fingerprint density at radius 2 is 2.00 bits per heavy atom. The summed E-state index contributed by atoms with van der Waals surface area (Å²) in [6.45, 7) is 10.1. The predicted molar refractivity (Wildman–Crippen MR) is 70.6 cm³/mol. The van der Waals surface area contributed by atoms with Crippen molar-refractivity contribution in [1.29, 1.82) is 0 Å². The van der Waals surface area contributed by atoms with Crippen molar-refractivity contribution in [3.05, 3.63) is 0 Å². The first-order valence-corrected chi connectivity index (χ1v) is 7.19. The average Bonchev–Trinajstić information content (AvgIpc) is 2.21. The van der Waals surface area contributed by atoms with E-state index < -0.39 is 0 Å². The van der Waals surface area contributed by atoms with E-state index in [1.807, 2.05) is 0 Å². The van der Waals surface area contributed by atoms with Gasteiger partial charge in [0.05, 0.1) is 0 Å². The van der Waals surface area contributed by atoms with Gasteiger partial charge >= 0.3 is 0 Å². The Labute approximate surface area is 98.5 Å². The highest BCUT2D eigenvalue weighted by molar-refractivity contribution is 8.13. The van der Waals surface area contributed by atoms with Gasteiger partial charge in [-0.25, -0.2) is 0 Å². The summed E-state index contributed by atoms with van der Waals surface area (Å²) in [7, 11) is 0. The largest absolute Gasteiger partial charge is 0.351 e. The van der Waals surface area contributed by atoms with Crippen molar-refractivity contribution in [3.8, 4) is 0 Å². The molecule has 0 N–H and O–H groups in total. The van der Waals surface area contributed by atoms with Crippen LogP contribution in [0.5, 0.6) is 0 Å². The van der Waals surface area contributed by atoms with Crippen LogP contribution in [0.15, 0.2) is 4.99 Å². The highest BCUT2D eigenvalue weighted by Gasteiger charge is 2.18. The summed E-state index contributed by atoms with van der Waals surface area (Å²) in [5.41, 5.74) is 0. The van der Waals surface area contributed by atoms with Crippen LogP contribution in [-0.2, 0) is 0 Å². The van der Waals surface area contributed by atoms with E-state index in [4.69, 9.17) is 4.99 Å². The monoisotopic (exact) mass is 228 g/mol. The number of hydrogen-bond donors (Lipinski definition) is 0. The zero-order chi connectivity index (χ0) is 11.3. The van der Waals surface area contributed by atoms with Gasteiger partial charge in [0.1, 0.15) is 0 Å². The van der Waals surface area contributed by atoms with Gasteiger partial charge in [-0.05, 0) is 30.9 Å². The second kappa shape index (κ2) is 6.41. The SMILES string of the molecule is CSC(=NCC(C)C)N1CCC(C)CC1. The fourth-order valence-electron chi connectivity index (χ4n) is 1.75. The van der Waals surface area contributed by atoms with Gasteiger partial charge in [0.15, 0.2) is 5.17 Å². The molecule has 2 nitrogen and oxygen atoms in total. The third-order valence-electron chi connectivity index (χ3n) is 2.83. The van der Waals surface area contributed by atoms with E-state index >= 15 is 0 Å². The smallest absolute Gasteiger partial charge is 0.158 e. The minimum atomic E-state index is 0.663. The van der Waals surface area contributed by atoms with Crippen molar-refractivity contribution in [2.75, 3.05) is 25.9 Å². The first-order chi connectivity index (χ1) is 7.13. The third-order valence-corrected chi connectivity index (χ3v) is 3.58. The molecular weight excluding hydrogens is 204 g/mol. The lowest BCUT2D eigenvalue weighted by atomic mass is 10.00. The number of hydrogen-bond acceptors (Lipinski definition) is 2. The minimum absolute atomic E-state index is 0.663. The Morgan fingerprint density at radius 3 is 2.47 bits per heavy atom. The van der Waals surface area contributed by atoms with E-state index in [2.05, 4.69) is 31.9 Å². The van der Waals surface area contributed by atoms with Crippen LogP contribution in [0.4, 0.5) is 0 Å². The molecule has 0 amide bonds. The highest BCUT2D eigenvalue weighted by Crippen LogP contribution is 2.19. The fourth-order valence-corrected chi connectivity index (χ4v) is 2.40. The van der Waals surface area contributed by atoms with Crippen LogP contribution in [0.2, 0.25) is 0 Å². The molecule has 1 rings (SSSR count). The number of aliphatic imine (C=N–C) groups is 1. The molecule has 0 unspecified atom stereocenters. The second-order valence-corrected chi connectivity index (χ2v) is 5.66. The summed E-state index contributed by atoms with van der Waals surface area (Å²) in [5, 5.41) is 1.25. The second-order valence-electron chi connectivity index (χ2n) is 4.89. The predicted octanol–water partition coefficient (Wildman–Crippen LogP) is 3.09. The Bertz CT molecular complexity index is 206. The molecular formula is C12H24N2S. The minimum Gasteiger partial charge on any atom is -0.351 e. The van der Waals surface area contributed by atoms with Crippen molar-refractivity contribution < 1.29 is 0 Å². The van der Waals surface area contributed by atoms with E-state index in [0.29, 0.717) is 5.92 Å². The number of thioether (sulfide) groups is 1. The van der Waals surface area contributed by atoms with Gasteiger partial charge in [-0.2, -0.15) is 0 Å². The van der Waals surface area contributed by atoms with E-state index in [9.17, 15) is 0 Å². The lowest BCUT2D eigenvalue weighted by Gasteiger charge is -2.32. The normalized spacial score (nSPS) is 20.1. The van der Waals surface area contributed by atoms with Crippen LogP contribution in [0.3, 0.4) is 0 Å². The van der Waals surface area contributed by atoms with Crippen molar-refractivity contribution >= 4 is 16.9 Å². The first kappa shape index (κ1) is 12.9. The third kappa shape index (κ3) is 4.45. The molecule has 0 atom stereocenters. The molecule has 0 spiro atoms. The molecule has 1 heterocycles. The Balaban J connectivity index is 2.47. The van der Waals surface area contributed by atoms with Crippen molar-refractivity contribution in [2.24, 2.45) is 16.8 Å². The molecule has 0 radical (unpaired) electrons. The molecule has 0 saturated carbocycles. The molecule has 1 saturated heterocycles. The van der Waals surface area contributed by atoms with E-state index in [1.165, 1.54) is 31.1 Å². The van der Waals surface area contributed by atoms with Gasteiger partial charge in [0, 0.05) is 19.6 Å². The van der Waals surface area contributed by atoms with Crippen LogP contribution in [0, 0.1) is 11.8 Å². The molecule has 0 aromatic rings. The maximum Gasteiger partial charge on any atom is 0.158 e. The number of amidine groups is 1. The standard InChI is InChI=1S/C12H24N2S/c1-10(2)9-13-12(15-4)14-7-5-11(3)6-8-14/h10-11H,5-9H2,1-4H3. The number of rotatable bonds is 2. The molecule has 88 valence electrons. The van der Waals surface area contributed by atoms with Gasteiger partial charge in [0.2, 0.25) is 0 Å². The maximum absolute atomic E-state index is 4.70. The first-order valence-electron chi connectivity index (χ1n) is 5.97. The Morgan fingerprint density at radius 1 is 1.40 bits per heavy atom. The highest BCUT2D eigenvalue weighted by atomic mass is 32.2. The van der Waals surface area contributed by atoms with Crippen LogP contribution in [-0.4, -0.2) is 36.0 Å². The van der Waals surface area contributed by atoms with Gasteiger partial charge in [-0.1, -0.05) is 32.5 Å². The van der Waals surface area contributed by atoms with Gasteiger partial charge < -0.3 is 4.90 Å². The fraction of sp³-hybridized carbons (Fsp3) is 0.917. The van der Waals surface area contributed by atoms with E-state index in [1.54, 1.807) is 11.8 Å². The Hall–Kier alpha value is -0.180. The van der Waals surface area contributed by atoms with Crippen LogP contribution in [0.1, 0.15) is 33.6 Å². The molecule has 15 heavy (non-hydrogen) atoms. The van der Waals surface area contributed by atoms with E-state index in [-0.39, 0.29) is 0 Å². The number of nitrogens with zero attached hydrogens (tertiary/aromatic N) is 2. The summed E-state index contributed by atoms with van der Waals surface area (Å²) in [4.78, 5) is 7.15. The zero-order valence-electron chi connectivity index (χ0n) is 10.5. The van der Waals surface area contributed by atoms with Crippen LogP contribution >= 0.6 is 11.8 Å². The molecule has 0 aromatic heterocycles. The summed E-state index contributed by atoms with van der Waals surface area (Å²) >= 11 is 1.80. The maximum atomic E-state index is 4.70. The molecule has 0 aliphatic carbocycles. The molecule has 0 aromatic carbocycles. The molecule has 1 fully saturated rings. The molecule has 3 heteroatoms. The summed E-state index contributed by atoms with van der Waals surface area (Å²) in [6.07, 6.45) is 4.78. The van der Waals surface area contributed by atoms with E-state index in [0.717, 1.165) is 12.5 Å². The topological polar surface area (TPSA) is 15.6 Å². The van der Waals surface area contributed by atoms with Crippen molar-refractivity contribution in [1.82, 2.24) is 4.90 Å². The van der Waals surface area contributed by atoms with Gasteiger partial charge in [-0.15, -0.1) is 0 Å². The lowest BCUT2D eigenvalue weighted by molar-refractivity contribution is 0.284. The van der Waals surface area contributed by atoms with Crippen LogP contribution in [0.25, 0.3) is 0 Å². The zero-order valence-corrected chi connectivity index (χ0v) is 11.3. The lowest BCUT2D eigenvalue weighted by Crippen LogP contribution is -2.36. The van der Waals surface area contributed by atoms with Crippen LogP contribution < -0.4 is 0 Å². The number of likely N-dealkylation sites (tertiary alicyclic amines) is 1. The van der Waals surface area contributed by atoms with Gasteiger partial charge in [0.25, 0.3) is 0 Å². The summed E-state index contributed by atoms with van der Waals surface area (Å²) in [6, 6.07) is 0. The summed E-state index contributed by atoms with van der Waals surface area (Å²) in [5.74, 6) is 1.56.